The van der Waals surface area contributed by atoms with Gasteiger partial charge in [0.15, 0.2) is 0 Å². The number of carbonyl (C=O) groups excluding carboxylic acids is 3. The summed E-state index contributed by atoms with van der Waals surface area (Å²) >= 11 is 0. The molecular weight excluding hydrogens is 466 g/mol. The summed E-state index contributed by atoms with van der Waals surface area (Å²) in [6.45, 7) is 6.11. The van der Waals surface area contributed by atoms with E-state index < -0.39 is 17.5 Å². The fourth-order valence-electron chi connectivity index (χ4n) is 5.43. The van der Waals surface area contributed by atoms with E-state index in [9.17, 15) is 14.4 Å². The minimum Gasteiger partial charge on any atom is -0.399 e. The predicted octanol–water partition coefficient (Wildman–Crippen LogP) is 2.47. The van der Waals surface area contributed by atoms with Crippen LogP contribution in [0.1, 0.15) is 61.9 Å². The largest absolute Gasteiger partial charge is 0.399 e. The van der Waals surface area contributed by atoms with Crippen molar-refractivity contribution in [3.8, 4) is 0 Å². The smallest absolute Gasteiger partial charge is 0.246 e. The summed E-state index contributed by atoms with van der Waals surface area (Å²) in [5.41, 5.74) is 10.4. The van der Waals surface area contributed by atoms with Crippen molar-refractivity contribution < 1.29 is 14.4 Å². The van der Waals surface area contributed by atoms with Crippen LogP contribution < -0.4 is 21.7 Å². The molecular formula is C29H39N5O3. The summed E-state index contributed by atoms with van der Waals surface area (Å²) in [4.78, 5) is 42.0. The van der Waals surface area contributed by atoms with E-state index in [0.717, 1.165) is 36.0 Å². The number of fused-ring (bicyclic) bond motifs is 2. The van der Waals surface area contributed by atoms with Gasteiger partial charge in [0, 0.05) is 18.7 Å². The maximum absolute atomic E-state index is 14.1. The van der Waals surface area contributed by atoms with Crippen LogP contribution in [-0.2, 0) is 33.8 Å². The van der Waals surface area contributed by atoms with E-state index >= 15 is 0 Å². The third-order valence-electron chi connectivity index (χ3n) is 7.39. The summed E-state index contributed by atoms with van der Waals surface area (Å²) in [7, 11) is 1.68. The lowest BCUT2D eigenvalue weighted by Crippen LogP contribution is -2.61. The van der Waals surface area contributed by atoms with E-state index in [-0.39, 0.29) is 36.9 Å². The Bertz CT molecular complexity index is 1170. The number of hydrogen-bond donors (Lipinski definition) is 4. The molecule has 1 heterocycles. The van der Waals surface area contributed by atoms with E-state index in [1.165, 1.54) is 5.56 Å². The van der Waals surface area contributed by atoms with Crippen LogP contribution in [0.15, 0.2) is 42.5 Å². The first-order valence-corrected chi connectivity index (χ1v) is 13.1. The molecule has 2 aromatic carbocycles. The Labute approximate surface area is 219 Å². The number of amides is 3. The van der Waals surface area contributed by atoms with Crippen molar-refractivity contribution in [3.05, 3.63) is 64.7 Å². The van der Waals surface area contributed by atoms with Crippen molar-refractivity contribution in [1.82, 2.24) is 20.9 Å². The van der Waals surface area contributed by atoms with Crippen LogP contribution >= 0.6 is 0 Å². The second kappa shape index (κ2) is 10.9. The van der Waals surface area contributed by atoms with Gasteiger partial charge >= 0.3 is 0 Å². The minimum absolute atomic E-state index is 0.0871. The number of nitrogens with zero attached hydrogens (tertiary/aromatic N) is 1. The molecule has 2 aromatic rings. The molecule has 0 saturated carbocycles. The van der Waals surface area contributed by atoms with Crippen LogP contribution in [0.25, 0.3) is 0 Å². The van der Waals surface area contributed by atoms with Gasteiger partial charge in [0.1, 0.15) is 12.1 Å². The summed E-state index contributed by atoms with van der Waals surface area (Å²) < 4.78 is 0. The molecule has 37 heavy (non-hydrogen) atoms. The molecule has 5 N–H and O–H groups in total. The van der Waals surface area contributed by atoms with Gasteiger partial charge in [-0.2, -0.15) is 0 Å². The van der Waals surface area contributed by atoms with Gasteiger partial charge in [-0.15, -0.1) is 0 Å². The number of nitrogens with two attached hydrogens (primary N) is 1. The number of nitrogens with one attached hydrogen (secondary N) is 3. The topological polar surface area (TPSA) is 117 Å². The zero-order valence-corrected chi connectivity index (χ0v) is 22.3. The van der Waals surface area contributed by atoms with Crippen molar-refractivity contribution in [2.24, 2.45) is 5.41 Å². The van der Waals surface area contributed by atoms with E-state index in [1.807, 2.05) is 51.1 Å². The Morgan fingerprint density at radius 1 is 1.08 bits per heavy atom. The first-order valence-electron chi connectivity index (χ1n) is 13.1. The molecule has 0 radical (unpaired) electrons. The van der Waals surface area contributed by atoms with Crippen LogP contribution in [0.3, 0.4) is 0 Å². The van der Waals surface area contributed by atoms with Gasteiger partial charge in [-0.3, -0.25) is 14.4 Å². The lowest BCUT2D eigenvalue weighted by atomic mass is 9.84. The molecule has 8 heteroatoms. The number of likely N-dealkylation sites (N-methyl/N-ethyl adjacent to an activating group) is 1. The van der Waals surface area contributed by atoms with E-state index in [0.29, 0.717) is 12.1 Å². The highest BCUT2D eigenvalue weighted by Gasteiger charge is 2.42. The first kappa shape index (κ1) is 26.7. The Balaban J connectivity index is 1.65. The maximum Gasteiger partial charge on any atom is 0.246 e. The number of carbonyl (C=O) groups is 3. The molecule has 198 valence electrons. The Morgan fingerprint density at radius 3 is 2.57 bits per heavy atom. The van der Waals surface area contributed by atoms with Crippen molar-refractivity contribution >= 4 is 23.4 Å². The SMILES string of the molecule is CNCC(=O)NC(C(=O)N1Cc2cc(N)ccc2CC1C(=O)NC1CCCc2ccccc21)C(C)(C)C. The highest BCUT2D eigenvalue weighted by molar-refractivity contribution is 5.93. The van der Waals surface area contributed by atoms with E-state index in [4.69, 9.17) is 5.73 Å². The first-order chi connectivity index (χ1) is 17.6. The number of hydrogen-bond acceptors (Lipinski definition) is 5. The Morgan fingerprint density at radius 2 is 1.84 bits per heavy atom. The van der Waals surface area contributed by atoms with Gasteiger partial charge in [0.05, 0.1) is 12.6 Å². The van der Waals surface area contributed by atoms with Gasteiger partial charge in [-0.05, 0) is 66.1 Å². The maximum atomic E-state index is 14.1. The molecule has 0 fully saturated rings. The molecule has 1 aliphatic heterocycles. The Hall–Kier alpha value is -3.39. The number of rotatable bonds is 6. The monoisotopic (exact) mass is 505 g/mol. The van der Waals surface area contributed by atoms with Crippen LogP contribution in [0, 0.1) is 5.41 Å². The van der Waals surface area contributed by atoms with Gasteiger partial charge in [0.2, 0.25) is 17.7 Å². The average Bonchev–Trinajstić information content (AvgIpc) is 2.85. The molecule has 8 nitrogen and oxygen atoms in total. The molecule has 4 rings (SSSR count). The van der Waals surface area contributed by atoms with Crippen LogP contribution in [0.2, 0.25) is 0 Å². The quantitative estimate of drug-likeness (QED) is 0.450. The molecule has 0 spiro atoms. The fourth-order valence-corrected chi connectivity index (χ4v) is 5.43. The summed E-state index contributed by atoms with van der Waals surface area (Å²) in [6, 6.07) is 12.3. The van der Waals surface area contributed by atoms with Crippen molar-refractivity contribution in [2.45, 2.75) is 71.1 Å². The molecule has 0 saturated heterocycles. The summed E-state index contributed by atoms with van der Waals surface area (Å²) in [6.07, 6.45) is 3.26. The lowest BCUT2D eigenvalue weighted by molar-refractivity contribution is -0.147. The Kier molecular flexibility index (Phi) is 7.87. The minimum atomic E-state index is -0.790. The number of aryl methyl sites for hydroxylation is 1. The normalized spacial score (nSPS) is 19.8. The molecule has 0 aromatic heterocycles. The fraction of sp³-hybridized carbons (Fsp3) is 0.483. The second-order valence-corrected chi connectivity index (χ2v) is 11.3. The van der Waals surface area contributed by atoms with Crippen molar-refractivity contribution in [3.63, 3.8) is 0 Å². The second-order valence-electron chi connectivity index (χ2n) is 11.3. The molecule has 3 amide bonds. The molecule has 2 aliphatic rings. The van der Waals surface area contributed by atoms with Crippen LogP contribution in [0.5, 0.6) is 0 Å². The molecule has 1 aliphatic carbocycles. The summed E-state index contributed by atoms with van der Waals surface area (Å²) in [5, 5.41) is 8.98. The zero-order valence-electron chi connectivity index (χ0n) is 22.3. The van der Waals surface area contributed by atoms with Gasteiger partial charge in [-0.25, -0.2) is 0 Å². The number of anilines is 1. The lowest BCUT2D eigenvalue weighted by Gasteiger charge is -2.41. The van der Waals surface area contributed by atoms with Gasteiger partial charge < -0.3 is 26.6 Å². The predicted molar refractivity (Wildman–Crippen MR) is 144 cm³/mol. The highest BCUT2D eigenvalue weighted by Crippen LogP contribution is 2.32. The standard InChI is InChI=1S/C29H39N5O3/c1-29(2,3)26(33-25(35)16-31-4)28(37)34-17-20-14-21(30)13-12-19(20)15-24(34)27(36)32-23-11-7-9-18-8-5-6-10-22(18)23/h5-6,8,10,12-14,23-24,26,31H,7,9,11,15-17,30H2,1-4H3,(H,32,36)(H,33,35). The van der Waals surface area contributed by atoms with Crippen LogP contribution in [0.4, 0.5) is 5.69 Å². The average molecular weight is 506 g/mol. The molecule has 3 unspecified atom stereocenters. The molecule has 0 bridgehead atoms. The van der Waals surface area contributed by atoms with Crippen molar-refractivity contribution in [2.75, 3.05) is 19.3 Å². The van der Waals surface area contributed by atoms with Crippen molar-refractivity contribution in [1.29, 1.82) is 0 Å². The van der Waals surface area contributed by atoms with E-state index in [1.54, 1.807) is 11.9 Å². The zero-order chi connectivity index (χ0) is 26.7. The van der Waals surface area contributed by atoms with Gasteiger partial charge in [0.25, 0.3) is 0 Å². The third-order valence-corrected chi connectivity index (χ3v) is 7.39. The number of nitrogen functional groups attached to an aromatic ring is 1. The number of benzene rings is 2. The highest BCUT2D eigenvalue weighted by atomic mass is 16.2. The van der Waals surface area contributed by atoms with Gasteiger partial charge in [-0.1, -0.05) is 51.1 Å². The molecule has 3 atom stereocenters. The van der Waals surface area contributed by atoms with Crippen LogP contribution in [-0.4, -0.2) is 48.3 Å². The third kappa shape index (κ3) is 5.96. The van der Waals surface area contributed by atoms with E-state index in [2.05, 4.69) is 28.1 Å². The summed E-state index contributed by atoms with van der Waals surface area (Å²) in [5.74, 6) is -0.710.